The van der Waals surface area contributed by atoms with Gasteiger partial charge < -0.3 is 0 Å². The zero-order valence-corrected chi connectivity index (χ0v) is 11.8. The fraction of sp³-hybridized carbons (Fsp3) is 0.500. The first-order valence-corrected chi connectivity index (χ1v) is 6.71. The molecule has 1 atom stereocenters. The highest BCUT2D eigenvalue weighted by Crippen LogP contribution is 2.25. The van der Waals surface area contributed by atoms with Crippen molar-refractivity contribution in [1.82, 2.24) is 0 Å². The normalized spacial score (nSPS) is 12.5. The molecule has 0 aliphatic heterocycles. The van der Waals surface area contributed by atoms with Crippen molar-refractivity contribution < 1.29 is 4.79 Å². The molecular formula is C14H19BrO. The van der Waals surface area contributed by atoms with E-state index in [1.165, 1.54) is 5.56 Å². The average Bonchev–Trinajstić information content (AvgIpc) is 2.27. The molecule has 0 N–H and O–H groups in total. The molecule has 0 aliphatic rings. The molecule has 0 fully saturated rings. The third-order valence-corrected chi connectivity index (χ3v) is 3.36. The third-order valence-electron chi connectivity index (χ3n) is 2.90. The summed E-state index contributed by atoms with van der Waals surface area (Å²) < 4.78 is 1.00. The Morgan fingerprint density at radius 3 is 2.56 bits per heavy atom. The van der Waals surface area contributed by atoms with Crippen molar-refractivity contribution >= 4 is 21.7 Å². The van der Waals surface area contributed by atoms with Gasteiger partial charge in [-0.15, -0.1) is 0 Å². The van der Waals surface area contributed by atoms with Gasteiger partial charge in [0.25, 0.3) is 0 Å². The Kier molecular flexibility index (Phi) is 5.20. The number of ketones is 1. The maximum absolute atomic E-state index is 11.8. The largest absolute Gasteiger partial charge is 0.294 e. The number of carbonyl (C=O) groups is 1. The van der Waals surface area contributed by atoms with Crippen LogP contribution < -0.4 is 0 Å². The molecule has 0 amide bonds. The highest BCUT2D eigenvalue weighted by Gasteiger charge is 2.10. The van der Waals surface area contributed by atoms with Gasteiger partial charge in [-0.25, -0.2) is 0 Å². The van der Waals surface area contributed by atoms with E-state index in [0.717, 1.165) is 22.9 Å². The Morgan fingerprint density at radius 2 is 2.00 bits per heavy atom. The van der Waals surface area contributed by atoms with Crippen LogP contribution in [0.4, 0.5) is 0 Å². The number of Topliss-reactive ketones (excluding diaryl/α,β-unsaturated/α-hetero) is 1. The van der Waals surface area contributed by atoms with E-state index in [1.807, 2.05) is 19.1 Å². The van der Waals surface area contributed by atoms with Crippen LogP contribution in [-0.4, -0.2) is 5.78 Å². The zero-order chi connectivity index (χ0) is 12.1. The van der Waals surface area contributed by atoms with Crippen LogP contribution in [0.2, 0.25) is 0 Å². The molecule has 1 rings (SSSR count). The number of carbonyl (C=O) groups excluding carboxylic acids is 1. The van der Waals surface area contributed by atoms with Gasteiger partial charge in [-0.05, 0) is 42.5 Å². The molecule has 1 aromatic carbocycles. The first-order valence-electron chi connectivity index (χ1n) is 5.92. The van der Waals surface area contributed by atoms with E-state index in [0.29, 0.717) is 12.3 Å². The lowest BCUT2D eigenvalue weighted by Gasteiger charge is -2.11. The summed E-state index contributed by atoms with van der Waals surface area (Å²) in [6, 6.07) is 6.07. The van der Waals surface area contributed by atoms with Crippen molar-refractivity contribution in [1.29, 1.82) is 0 Å². The van der Waals surface area contributed by atoms with Gasteiger partial charge in [-0.3, -0.25) is 4.79 Å². The molecule has 0 heterocycles. The van der Waals surface area contributed by atoms with Crippen LogP contribution in [0.15, 0.2) is 22.7 Å². The summed E-state index contributed by atoms with van der Waals surface area (Å²) in [6.07, 6.45) is 2.64. The predicted molar refractivity (Wildman–Crippen MR) is 72.1 cm³/mol. The number of benzene rings is 1. The average molecular weight is 283 g/mol. The summed E-state index contributed by atoms with van der Waals surface area (Å²) in [5.41, 5.74) is 2.09. The van der Waals surface area contributed by atoms with Crippen molar-refractivity contribution in [3.63, 3.8) is 0 Å². The van der Waals surface area contributed by atoms with Gasteiger partial charge in [0, 0.05) is 16.5 Å². The summed E-state index contributed by atoms with van der Waals surface area (Å²) in [7, 11) is 0. The first kappa shape index (κ1) is 13.4. The van der Waals surface area contributed by atoms with E-state index in [1.54, 1.807) is 0 Å². The van der Waals surface area contributed by atoms with E-state index in [2.05, 4.69) is 35.8 Å². The van der Waals surface area contributed by atoms with Crippen LogP contribution >= 0.6 is 15.9 Å². The van der Waals surface area contributed by atoms with Gasteiger partial charge in [-0.1, -0.05) is 36.7 Å². The highest BCUT2D eigenvalue weighted by atomic mass is 79.9. The van der Waals surface area contributed by atoms with Gasteiger partial charge in [0.15, 0.2) is 5.78 Å². The van der Waals surface area contributed by atoms with E-state index in [4.69, 9.17) is 0 Å². The van der Waals surface area contributed by atoms with Crippen LogP contribution in [0.1, 0.15) is 61.9 Å². The molecule has 0 saturated carbocycles. The standard InChI is InChI=1S/C14H19BrO/c1-4-6-14(16)12-7-11(10(3)5-2)8-13(15)9-12/h7-10H,4-6H2,1-3H3. The SMILES string of the molecule is CCCC(=O)c1cc(Br)cc(C(C)CC)c1. The summed E-state index contributed by atoms with van der Waals surface area (Å²) in [4.78, 5) is 11.8. The molecule has 0 spiro atoms. The molecule has 1 aromatic rings. The lowest BCUT2D eigenvalue weighted by atomic mass is 9.95. The van der Waals surface area contributed by atoms with Gasteiger partial charge in [0.1, 0.15) is 0 Å². The van der Waals surface area contributed by atoms with Crippen molar-refractivity contribution in [3.8, 4) is 0 Å². The van der Waals surface area contributed by atoms with Crippen LogP contribution in [0.25, 0.3) is 0 Å². The Bertz CT molecular complexity index is 371. The quantitative estimate of drug-likeness (QED) is 0.699. The number of halogens is 1. The fourth-order valence-corrected chi connectivity index (χ4v) is 2.18. The van der Waals surface area contributed by atoms with Gasteiger partial charge in [0.2, 0.25) is 0 Å². The molecule has 1 nitrogen and oxygen atoms in total. The molecule has 0 bridgehead atoms. The van der Waals surface area contributed by atoms with Gasteiger partial charge >= 0.3 is 0 Å². The van der Waals surface area contributed by atoms with Crippen molar-refractivity contribution in [3.05, 3.63) is 33.8 Å². The van der Waals surface area contributed by atoms with E-state index < -0.39 is 0 Å². The van der Waals surface area contributed by atoms with Crippen LogP contribution in [0.5, 0.6) is 0 Å². The minimum Gasteiger partial charge on any atom is -0.294 e. The Morgan fingerprint density at radius 1 is 1.31 bits per heavy atom. The second-order valence-electron chi connectivity index (χ2n) is 4.26. The van der Waals surface area contributed by atoms with Crippen molar-refractivity contribution in [2.24, 2.45) is 0 Å². The van der Waals surface area contributed by atoms with Gasteiger partial charge in [-0.2, -0.15) is 0 Å². The van der Waals surface area contributed by atoms with Crippen LogP contribution in [0, 0.1) is 0 Å². The van der Waals surface area contributed by atoms with Crippen molar-refractivity contribution in [2.45, 2.75) is 46.0 Å². The maximum Gasteiger partial charge on any atom is 0.162 e. The smallest absolute Gasteiger partial charge is 0.162 e. The summed E-state index contributed by atoms with van der Waals surface area (Å²) >= 11 is 3.48. The lowest BCUT2D eigenvalue weighted by molar-refractivity contribution is 0.0981. The molecule has 1 unspecified atom stereocenters. The predicted octanol–water partition coefficient (Wildman–Crippen LogP) is 4.95. The molecule has 0 saturated heterocycles. The summed E-state index contributed by atoms with van der Waals surface area (Å²) in [5, 5.41) is 0. The second-order valence-corrected chi connectivity index (χ2v) is 5.17. The fourth-order valence-electron chi connectivity index (χ4n) is 1.66. The van der Waals surface area contributed by atoms with E-state index >= 15 is 0 Å². The monoisotopic (exact) mass is 282 g/mol. The Labute approximate surface area is 106 Å². The van der Waals surface area contributed by atoms with Crippen molar-refractivity contribution in [2.75, 3.05) is 0 Å². The Hall–Kier alpha value is -0.630. The first-order chi connectivity index (χ1) is 7.58. The molecule has 2 heteroatoms. The topological polar surface area (TPSA) is 17.1 Å². The minimum absolute atomic E-state index is 0.244. The second kappa shape index (κ2) is 6.19. The lowest BCUT2D eigenvalue weighted by Crippen LogP contribution is -2.01. The Balaban J connectivity index is 3.02. The highest BCUT2D eigenvalue weighted by molar-refractivity contribution is 9.10. The number of hydrogen-bond donors (Lipinski definition) is 0. The van der Waals surface area contributed by atoms with Crippen LogP contribution in [0.3, 0.4) is 0 Å². The van der Waals surface area contributed by atoms with Gasteiger partial charge in [0.05, 0.1) is 0 Å². The molecule has 0 aromatic heterocycles. The summed E-state index contributed by atoms with van der Waals surface area (Å²) in [6.45, 7) is 6.39. The number of rotatable bonds is 5. The van der Waals surface area contributed by atoms with E-state index in [-0.39, 0.29) is 5.78 Å². The maximum atomic E-state index is 11.8. The van der Waals surface area contributed by atoms with Crippen LogP contribution in [-0.2, 0) is 0 Å². The molecular weight excluding hydrogens is 264 g/mol. The molecule has 88 valence electrons. The third kappa shape index (κ3) is 3.44. The minimum atomic E-state index is 0.244. The molecule has 16 heavy (non-hydrogen) atoms. The zero-order valence-electron chi connectivity index (χ0n) is 10.2. The number of hydrogen-bond acceptors (Lipinski definition) is 1. The summed E-state index contributed by atoms with van der Waals surface area (Å²) in [5.74, 6) is 0.749. The molecule has 0 radical (unpaired) electrons. The molecule has 0 aliphatic carbocycles. The van der Waals surface area contributed by atoms with E-state index in [9.17, 15) is 4.79 Å².